The van der Waals surface area contributed by atoms with E-state index in [1.807, 2.05) is 5.48 Å². The largest absolute Gasteiger partial charge is 0.397 e. The van der Waals surface area contributed by atoms with Gasteiger partial charge in [0.15, 0.2) is 24.8 Å². The van der Waals surface area contributed by atoms with Gasteiger partial charge in [-0.15, -0.1) is 0 Å². The molecule has 0 aromatic carbocycles. The van der Waals surface area contributed by atoms with Gasteiger partial charge in [0.1, 0.15) is 36.6 Å². The van der Waals surface area contributed by atoms with Gasteiger partial charge in [-0.25, -0.2) is 13.2 Å². The molecular formula is C15H28N2O20S3. The molecule has 2 aliphatic rings. The third kappa shape index (κ3) is 9.66. The number of carbonyl (C=O) groups is 1. The van der Waals surface area contributed by atoms with Crippen LogP contribution in [0.15, 0.2) is 0 Å². The minimum atomic E-state index is -5.39. The van der Waals surface area contributed by atoms with Crippen LogP contribution in [0.25, 0.3) is 0 Å². The molecule has 10 unspecified atom stereocenters. The molecule has 2 heterocycles. The molecule has 236 valence electrons. The molecule has 2 rings (SSSR count). The first-order valence-electron chi connectivity index (χ1n) is 10.6. The van der Waals surface area contributed by atoms with Crippen molar-refractivity contribution in [2.75, 3.05) is 27.9 Å². The zero-order valence-electron chi connectivity index (χ0n) is 20.6. The summed E-state index contributed by atoms with van der Waals surface area (Å²) in [7, 11) is -12.5. The lowest BCUT2D eigenvalue weighted by Crippen LogP contribution is -2.68. The molecule has 0 bridgehead atoms. The lowest BCUT2D eigenvalue weighted by molar-refractivity contribution is -0.340. The Morgan fingerprint density at radius 1 is 0.850 bits per heavy atom. The van der Waals surface area contributed by atoms with E-state index in [4.69, 9.17) is 28.2 Å². The van der Waals surface area contributed by atoms with Crippen molar-refractivity contribution in [2.24, 2.45) is 0 Å². The van der Waals surface area contributed by atoms with Gasteiger partial charge < -0.3 is 38.7 Å². The van der Waals surface area contributed by atoms with E-state index in [0.717, 1.165) is 14.2 Å². The van der Waals surface area contributed by atoms with Crippen molar-refractivity contribution in [1.29, 1.82) is 0 Å². The molecule has 0 aromatic rings. The predicted molar refractivity (Wildman–Crippen MR) is 120 cm³/mol. The normalized spacial score (nSPS) is 35.8. The van der Waals surface area contributed by atoms with Gasteiger partial charge in [-0.2, -0.15) is 35.5 Å². The van der Waals surface area contributed by atoms with Crippen LogP contribution >= 0.6 is 0 Å². The number of rotatable bonds is 13. The molecular weight excluding hydrogens is 624 g/mol. The lowest BCUT2D eigenvalue weighted by atomic mass is 9.96. The predicted octanol–water partition coefficient (Wildman–Crippen LogP) is -5.35. The van der Waals surface area contributed by atoms with Crippen LogP contribution < -0.4 is 10.2 Å². The number of aliphatic hydroxyl groups is 2. The van der Waals surface area contributed by atoms with Crippen LogP contribution in [-0.2, 0) is 72.8 Å². The quantitative estimate of drug-likeness (QED) is 0.0721. The molecule has 0 saturated carbocycles. The maximum Gasteiger partial charge on any atom is 0.397 e. The van der Waals surface area contributed by atoms with Crippen LogP contribution in [0.5, 0.6) is 0 Å². The molecule has 7 N–H and O–H groups in total. The number of ether oxygens (including phenoxy) is 5. The summed E-state index contributed by atoms with van der Waals surface area (Å²) in [6.07, 6.45) is -18.2. The molecule has 10 atom stereocenters. The zero-order valence-corrected chi connectivity index (χ0v) is 23.0. The summed E-state index contributed by atoms with van der Waals surface area (Å²) in [6.45, 7) is -1.16. The monoisotopic (exact) mass is 652 g/mol. The highest BCUT2D eigenvalue weighted by atomic mass is 32.3. The topological polar surface area (TPSA) is 319 Å². The smallest absolute Gasteiger partial charge is 0.388 e. The summed E-state index contributed by atoms with van der Waals surface area (Å²) < 4.78 is 132. The van der Waals surface area contributed by atoms with Crippen molar-refractivity contribution >= 4 is 37.1 Å². The summed E-state index contributed by atoms with van der Waals surface area (Å²) in [5, 5.41) is 21.6. The van der Waals surface area contributed by atoms with Gasteiger partial charge in [-0.05, 0) is 0 Å². The molecule has 2 fully saturated rings. The van der Waals surface area contributed by atoms with Gasteiger partial charge in [-0.3, -0.25) is 13.7 Å². The van der Waals surface area contributed by atoms with Crippen molar-refractivity contribution in [2.45, 2.75) is 61.3 Å². The Hall–Kier alpha value is -1.24. The first-order valence-corrected chi connectivity index (χ1v) is 14.8. The van der Waals surface area contributed by atoms with E-state index in [0.29, 0.717) is 0 Å². The van der Waals surface area contributed by atoms with E-state index < -0.39 is 105 Å². The fraction of sp³-hybridized carbons (Fsp3) is 0.933. The molecule has 40 heavy (non-hydrogen) atoms. The van der Waals surface area contributed by atoms with Crippen molar-refractivity contribution < 1.29 is 90.8 Å². The highest BCUT2D eigenvalue weighted by Crippen LogP contribution is 2.32. The van der Waals surface area contributed by atoms with Crippen molar-refractivity contribution in [3.05, 3.63) is 0 Å². The highest BCUT2D eigenvalue weighted by Gasteiger charge is 2.55. The van der Waals surface area contributed by atoms with Crippen LogP contribution in [0.2, 0.25) is 0 Å². The summed E-state index contributed by atoms with van der Waals surface area (Å²) in [4.78, 5) is 17.0. The van der Waals surface area contributed by atoms with E-state index >= 15 is 0 Å². The van der Waals surface area contributed by atoms with E-state index in [1.165, 1.54) is 7.05 Å². The number of hydroxylamine groups is 1. The Morgan fingerprint density at radius 2 is 1.48 bits per heavy atom. The van der Waals surface area contributed by atoms with Crippen molar-refractivity contribution in [1.82, 2.24) is 10.2 Å². The molecule has 0 aliphatic carbocycles. The third-order valence-corrected chi connectivity index (χ3v) is 6.79. The number of methoxy groups -OCH3 is 2. The summed E-state index contributed by atoms with van der Waals surface area (Å²) in [5.74, 6) is -1.26. The molecule has 2 aliphatic heterocycles. The Balaban J connectivity index is 2.54. The van der Waals surface area contributed by atoms with Crippen LogP contribution in [0.3, 0.4) is 0 Å². The molecule has 22 nitrogen and oxygen atoms in total. The minimum Gasteiger partial charge on any atom is -0.388 e. The fourth-order valence-electron chi connectivity index (χ4n) is 3.82. The van der Waals surface area contributed by atoms with Gasteiger partial charge in [0, 0.05) is 21.3 Å². The second-order valence-electron chi connectivity index (χ2n) is 7.93. The first kappa shape index (κ1) is 35.0. The standard InChI is InChI=1S/C15H28N2O20S3/c1-16-36-13(20)12-10(30-2)8(19)11(37-40(27,28)29)15(35-12)34-9-5(4-32-39(24,25)26)33-14(31-3)6(7(9)18)17-38(21,22)23/h5-12,14-19H,4H2,1-3H3,(H,21,22,23)(H,24,25,26)(H,27,28,29). The third-order valence-electron chi connectivity index (χ3n) is 5.32. The summed E-state index contributed by atoms with van der Waals surface area (Å²) >= 11 is 0. The summed E-state index contributed by atoms with van der Waals surface area (Å²) in [5.41, 5.74) is 2.02. The molecule has 25 heteroatoms. The van der Waals surface area contributed by atoms with Crippen molar-refractivity contribution in [3.8, 4) is 0 Å². The minimum absolute atomic E-state index is 0.956. The molecule has 2 saturated heterocycles. The van der Waals surface area contributed by atoms with E-state index in [1.54, 1.807) is 4.72 Å². The van der Waals surface area contributed by atoms with E-state index in [9.17, 15) is 49.4 Å². The average molecular weight is 653 g/mol. The maximum absolute atomic E-state index is 12.4. The van der Waals surface area contributed by atoms with E-state index in [-0.39, 0.29) is 0 Å². The molecule has 0 amide bonds. The van der Waals surface area contributed by atoms with Gasteiger partial charge in [0.25, 0.3) is 0 Å². The summed E-state index contributed by atoms with van der Waals surface area (Å²) in [6, 6.07) is -1.92. The Bertz CT molecular complexity index is 1180. The average Bonchev–Trinajstić information content (AvgIpc) is 2.81. The second kappa shape index (κ2) is 13.8. The van der Waals surface area contributed by atoms with Crippen LogP contribution in [-0.4, -0.2) is 144 Å². The van der Waals surface area contributed by atoms with Crippen molar-refractivity contribution in [3.63, 3.8) is 0 Å². The van der Waals surface area contributed by atoms with E-state index in [2.05, 4.69) is 13.2 Å². The Morgan fingerprint density at radius 3 is 1.95 bits per heavy atom. The molecule has 0 aromatic heterocycles. The number of carbonyl (C=O) groups excluding carboxylic acids is 1. The molecule has 0 spiro atoms. The second-order valence-corrected chi connectivity index (χ2v) is 11.3. The van der Waals surface area contributed by atoms with Crippen LogP contribution in [0.4, 0.5) is 0 Å². The van der Waals surface area contributed by atoms with Crippen LogP contribution in [0, 0.1) is 0 Å². The highest BCUT2D eigenvalue weighted by molar-refractivity contribution is 7.83. The maximum atomic E-state index is 12.4. The SMILES string of the molecule is CNOC(=O)C1OC(OC2C(COS(=O)(=O)O)OC(OC)C(NS(=O)(=O)O)C2O)C(OS(=O)(=O)O)C(O)C1OC. The Labute approximate surface area is 227 Å². The number of aliphatic hydroxyl groups excluding tert-OH is 2. The molecule has 0 radical (unpaired) electrons. The number of hydrogen-bond donors (Lipinski definition) is 7. The Kier molecular flexibility index (Phi) is 12.1. The van der Waals surface area contributed by atoms with Gasteiger partial charge in [0.2, 0.25) is 0 Å². The fourth-order valence-corrected chi connectivity index (χ4v) is 5.21. The first-order chi connectivity index (χ1) is 18.3. The zero-order chi connectivity index (χ0) is 30.6. The van der Waals surface area contributed by atoms with Gasteiger partial charge in [0.05, 0.1) is 6.61 Å². The lowest BCUT2D eigenvalue weighted by Gasteiger charge is -2.47. The van der Waals surface area contributed by atoms with Gasteiger partial charge >= 0.3 is 37.1 Å². The van der Waals surface area contributed by atoms with Gasteiger partial charge in [-0.1, -0.05) is 0 Å². The van der Waals surface area contributed by atoms with Crippen LogP contribution in [0.1, 0.15) is 0 Å². The number of nitrogens with one attached hydrogen (secondary N) is 2. The number of hydrogen-bond acceptors (Lipinski definition) is 18.